The highest BCUT2D eigenvalue weighted by atomic mass is 19.1. The smallest absolute Gasteiger partial charge is 0.377 e. The van der Waals surface area contributed by atoms with Crippen LogP contribution in [0.2, 0.25) is 0 Å². The van der Waals surface area contributed by atoms with Crippen LogP contribution in [0.15, 0.2) is 18.5 Å². The molecule has 0 bridgehead atoms. The van der Waals surface area contributed by atoms with Gasteiger partial charge in [-0.1, -0.05) is 0 Å². The maximum atomic E-state index is 13.6. The molecule has 1 heterocycles. The molecule has 1 aromatic carbocycles. The number of benzene rings is 1. The summed E-state index contributed by atoms with van der Waals surface area (Å²) in [5, 5.41) is 4.02. The minimum absolute atomic E-state index is 0.0647. The predicted octanol–water partition coefficient (Wildman–Crippen LogP) is 1.52. The van der Waals surface area contributed by atoms with Crippen LogP contribution < -0.4 is 5.73 Å². The summed E-state index contributed by atoms with van der Waals surface area (Å²) in [7, 11) is 1.25. The van der Waals surface area contributed by atoms with Crippen molar-refractivity contribution in [2.75, 3.05) is 7.11 Å². The molecule has 0 aliphatic rings. The number of carbonyl (C=O) groups excluding carboxylic acids is 1. The normalized spacial score (nSPS) is 12.2. The van der Waals surface area contributed by atoms with Gasteiger partial charge in [-0.05, 0) is 37.1 Å². The number of aryl methyl sites for hydroxylation is 1. The van der Waals surface area contributed by atoms with Crippen LogP contribution in [0.5, 0.6) is 0 Å². The molecule has 2 N–H and O–H groups in total. The number of methoxy groups -OCH3 is 1. The number of carbonyl (C=O) groups is 1. The molecular formula is C13H15FN4O2. The van der Waals surface area contributed by atoms with Crippen molar-refractivity contribution in [3.63, 3.8) is 0 Å². The SMILES string of the molecule is COC(=O)c1ncn(-c2cc(C)c(F)cc2[C@@H](C)N)n1. The van der Waals surface area contributed by atoms with E-state index in [1.807, 2.05) is 0 Å². The Labute approximate surface area is 115 Å². The predicted molar refractivity (Wildman–Crippen MR) is 70.0 cm³/mol. The van der Waals surface area contributed by atoms with Gasteiger partial charge in [0.25, 0.3) is 5.82 Å². The van der Waals surface area contributed by atoms with Crippen LogP contribution in [-0.2, 0) is 4.74 Å². The van der Waals surface area contributed by atoms with E-state index in [0.717, 1.165) is 0 Å². The van der Waals surface area contributed by atoms with Gasteiger partial charge in [-0.25, -0.2) is 18.9 Å². The Kier molecular flexibility index (Phi) is 3.80. The van der Waals surface area contributed by atoms with Crippen molar-refractivity contribution in [1.29, 1.82) is 0 Å². The number of esters is 1. The molecular weight excluding hydrogens is 263 g/mol. The molecule has 2 aromatic rings. The molecule has 0 radical (unpaired) electrons. The molecule has 0 unspecified atom stereocenters. The van der Waals surface area contributed by atoms with Crippen LogP contribution in [-0.4, -0.2) is 27.8 Å². The molecule has 0 saturated heterocycles. The van der Waals surface area contributed by atoms with E-state index in [1.165, 1.54) is 24.2 Å². The standard InChI is InChI=1S/C13H15FN4O2/c1-7-4-11(9(8(2)15)5-10(7)14)18-6-16-12(17-18)13(19)20-3/h4-6,8H,15H2,1-3H3/t8-/m1/s1. The summed E-state index contributed by atoms with van der Waals surface area (Å²) in [6, 6.07) is 2.60. The van der Waals surface area contributed by atoms with Crippen molar-refractivity contribution in [2.24, 2.45) is 5.73 Å². The average molecular weight is 278 g/mol. The summed E-state index contributed by atoms with van der Waals surface area (Å²) < 4.78 is 19.6. The fourth-order valence-electron chi connectivity index (χ4n) is 1.81. The van der Waals surface area contributed by atoms with E-state index in [0.29, 0.717) is 16.8 Å². The molecule has 0 aliphatic heterocycles. The molecule has 1 atom stereocenters. The molecule has 106 valence electrons. The summed E-state index contributed by atoms with van der Waals surface area (Å²) in [5.41, 5.74) is 7.46. The van der Waals surface area contributed by atoms with Gasteiger partial charge in [-0.3, -0.25) is 0 Å². The lowest BCUT2D eigenvalue weighted by molar-refractivity contribution is 0.0587. The van der Waals surface area contributed by atoms with Gasteiger partial charge in [0.2, 0.25) is 0 Å². The minimum atomic E-state index is -0.634. The number of nitrogens with zero attached hydrogens (tertiary/aromatic N) is 3. The lowest BCUT2D eigenvalue weighted by Gasteiger charge is -2.13. The maximum Gasteiger partial charge on any atom is 0.377 e. The Morgan fingerprint density at radius 1 is 1.50 bits per heavy atom. The molecule has 6 nitrogen and oxygen atoms in total. The van der Waals surface area contributed by atoms with Gasteiger partial charge in [0, 0.05) is 6.04 Å². The highest BCUT2D eigenvalue weighted by Crippen LogP contribution is 2.23. The molecule has 0 spiro atoms. The lowest BCUT2D eigenvalue weighted by atomic mass is 10.0. The van der Waals surface area contributed by atoms with E-state index < -0.39 is 5.97 Å². The van der Waals surface area contributed by atoms with Crippen molar-refractivity contribution in [3.05, 3.63) is 41.2 Å². The van der Waals surface area contributed by atoms with E-state index >= 15 is 0 Å². The van der Waals surface area contributed by atoms with Crippen LogP contribution in [0.25, 0.3) is 5.69 Å². The second-order valence-corrected chi connectivity index (χ2v) is 4.45. The van der Waals surface area contributed by atoms with Crippen LogP contribution in [0.4, 0.5) is 4.39 Å². The van der Waals surface area contributed by atoms with Crippen LogP contribution in [0, 0.1) is 12.7 Å². The second-order valence-electron chi connectivity index (χ2n) is 4.45. The third-order valence-electron chi connectivity index (χ3n) is 2.91. The van der Waals surface area contributed by atoms with E-state index in [2.05, 4.69) is 14.8 Å². The van der Waals surface area contributed by atoms with Crippen molar-refractivity contribution in [3.8, 4) is 5.69 Å². The largest absolute Gasteiger partial charge is 0.463 e. The number of hydrogen-bond donors (Lipinski definition) is 1. The minimum Gasteiger partial charge on any atom is -0.463 e. The maximum absolute atomic E-state index is 13.6. The summed E-state index contributed by atoms with van der Waals surface area (Å²) in [6.07, 6.45) is 1.37. The molecule has 0 saturated carbocycles. The Balaban J connectivity index is 2.54. The van der Waals surface area contributed by atoms with Gasteiger partial charge in [0.1, 0.15) is 12.1 Å². The Morgan fingerprint density at radius 3 is 2.80 bits per heavy atom. The molecule has 2 rings (SSSR count). The summed E-state index contributed by atoms with van der Waals surface area (Å²) >= 11 is 0. The van der Waals surface area contributed by atoms with Gasteiger partial charge < -0.3 is 10.5 Å². The second kappa shape index (κ2) is 5.38. The van der Waals surface area contributed by atoms with Crippen molar-refractivity contribution in [2.45, 2.75) is 19.9 Å². The zero-order chi connectivity index (χ0) is 14.9. The number of nitrogens with two attached hydrogens (primary N) is 1. The van der Waals surface area contributed by atoms with Gasteiger partial charge in [0.05, 0.1) is 12.8 Å². The Morgan fingerprint density at radius 2 is 2.20 bits per heavy atom. The third-order valence-corrected chi connectivity index (χ3v) is 2.91. The van der Waals surface area contributed by atoms with Crippen molar-refractivity contribution >= 4 is 5.97 Å². The molecule has 0 aliphatic carbocycles. The highest BCUT2D eigenvalue weighted by molar-refractivity contribution is 5.84. The van der Waals surface area contributed by atoms with Crippen molar-refractivity contribution in [1.82, 2.24) is 14.8 Å². The number of hydrogen-bond acceptors (Lipinski definition) is 5. The average Bonchev–Trinajstić information content (AvgIpc) is 2.89. The monoisotopic (exact) mass is 278 g/mol. The third kappa shape index (κ3) is 2.53. The van der Waals surface area contributed by atoms with Crippen LogP contribution in [0.1, 0.15) is 34.7 Å². The van der Waals surface area contributed by atoms with Gasteiger partial charge >= 0.3 is 5.97 Å². The number of rotatable bonds is 3. The molecule has 0 amide bonds. The first-order valence-electron chi connectivity index (χ1n) is 6.00. The molecule has 1 aromatic heterocycles. The number of ether oxygens (including phenoxy) is 1. The van der Waals surface area contributed by atoms with Gasteiger partial charge in [-0.2, -0.15) is 0 Å². The van der Waals surface area contributed by atoms with E-state index in [4.69, 9.17) is 5.73 Å². The highest BCUT2D eigenvalue weighted by Gasteiger charge is 2.16. The van der Waals surface area contributed by atoms with E-state index in [-0.39, 0.29) is 17.7 Å². The first-order valence-corrected chi connectivity index (χ1v) is 6.00. The first-order chi connectivity index (χ1) is 9.43. The Hall–Kier alpha value is -2.28. The zero-order valence-electron chi connectivity index (χ0n) is 11.4. The van der Waals surface area contributed by atoms with Gasteiger partial charge in [0.15, 0.2) is 0 Å². The van der Waals surface area contributed by atoms with Gasteiger partial charge in [-0.15, -0.1) is 5.10 Å². The fourth-order valence-corrected chi connectivity index (χ4v) is 1.81. The van der Waals surface area contributed by atoms with Crippen LogP contribution >= 0.6 is 0 Å². The molecule has 0 fully saturated rings. The van der Waals surface area contributed by atoms with E-state index in [1.54, 1.807) is 19.9 Å². The topological polar surface area (TPSA) is 83.0 Å². The Bertz CT molecular complexity index is 652. The van der Waals surface area contributed by atoms with E-state index in [9.17, 15) is 9.18 Å². The lowest BCUT2D eigenvalue weighted by Crippen LogP contribution is -2.12. The zero-order valence-corrected chi connectivity index (χ0v) is 11.4. The fraction of sp³-hybridized carbons (Fsp3) is 0.308. The van der Waals surface area contributed by atoms with Crippen LogP contribution in [0.3, 0.4) is 0 Å². The summed E-state index contributed by atoms with van der Waals surface area (Å²) in [5.74, 6) is -1.04. The summed E-state index contributed by atoms with van der Waals surface area (Å²) in [6.45, 7) is 3.38. The quantitative estimate of drug-likeness (QED) is 0.861. The molecule has 20 heavy (non-hydrogen) atoms. The first kappa shape index (κ1) is 14.1. The summed E-state index contributed by atoms with van der Waals surface area (Å²) in [4.78, 5) is 15.2. The number of halogens is 1. The van der Waals surface area contributed by atoms with Crippen molar-refractivity contribution < 1.29 is 13.9 Å². The molecule has 7 heteroatoms. The number of aromatic nitrogens is 3.